The number of pyridine rings is 1. The Kier molecular flexibility index (Phi) is 1.98. The molecule has 88 valence electrons. The molecule has 0 aromatic carbocycles. The lowest BCUT2D eigenvalue weighted by molar-refractivity contribution is -0.254. The molecule has 17 heavy (non-hydrogen) atoms. The quantitative estimate of drug-likeness (QED) is 0.754. The molecule has 0 unspecified atom stereocenters. The van der Waals surface area contributed by atoms with Crippen LogP contribution >= 0.6 is 0 Å². The zero-order chi connectivity index (χ0) is 12.2. The van der Waals surface area contributed by atoms with E-state index in [1.54, 1.807) is 24.7 Å². The smallest absolute Gasteiger partial charge is 0.158 e. The second kappa shape index (κ2) is 3.29. The first kappa shape index (κ1) is 10.3. The summed E-state index contributed by atoms with van der Waals surface area (Å²) in [5.41, 5.74) is 2.37. The Labute approximate surface area is 98.1 Å². The maximum Gasteiger partial charge on any atom is 0.158 e. The Balaban J connectivity index is 2.36. The minimum absolute atomic E-state index is 0.211. The van der Waals surface area contributed by atoms with Crippen molar-refractivity contribution in [1.82, 2.24) is 14.8 Å². The number of hydrogen-bond donors (Lipinski definition) is 0. The van der Waals surface area contributed by atoms with Crippen LogP contribution < -0.4 is 5.11 Å². The van der Waals surface area contributed by atoms with E-state index in [2.05, 4.69) is 10.1 Å². The van der Waals surface area contributed by atoms with E-state index in [0.717, 1.165) is 18.5 Å². The van der Waals surface area contributed by atoms with E-state index < -0.39 is 5.97 Å². The predicted molar refractivity (Wildman–Crippen MR) is 59.6 cm³/mol. The molecule has 5 heteroatoms. The first-order valence-electron chi connectivity index (χ1n) is 5.63. The summed E-state index contributed by atoms with van der Waals surface area (Å²) in [6.07, 6.45) is 2.17. The van der Waals surface area contributed by atoms with Gasteiger partial charge in [0.15, 0.2) is 5.65 Å². The molecule has 0 amide bonds. The van der Waals surface area contributed by atoms with Crippen molar-refractivity contribution in [2.45, 2.75) is 25.7 Å². The van der Waals surface area contributed by atoms with Gasteiger partial charge in [0.25, 0.3) is 0 Å². The molecule has 1 saturated carbocycles. The van der Waals surface area contributed by atoms with Crippen LogP contribution in [0, 0.1) is 6.92 Å². The maximum absolute atomic E-state index is 11.2. The molecule has 0 saturated heterocycles. The van der Waals surface area contributed by atoms with Gasteiger partial charge in [-0.3, -0.25) is 4.68 Å². The third kappa shape index (κ3) is 1.50. The highest BCUT2D eigenvalue weighted by molar-refractivity contribution is 6.02. The van der Waals surface area contributed by atoms with Gasteiger partial charge >= 0.3 is 0 Å². The summed E-state index contributed by atoms with van der Waals surface area (Å²) in [4.78, 5) is 15.7. The summed E-state index contributed by atoms with van der Waals surface area (Å²) < 4.78 is 1.63. The van der Waals surface area contributed by atoms with E-state index in [4.69, 9.17) is 0 Å². The molecule has 0 bridgehead atoms. The van der Waals surface area contributed by atoms with E-state index in [1.807, 2.05) is 0 Å². The lowest BCUT2D eigenvalue weighted by Crippen LogP contribution is -2.23. The van der Waals surface area contributed by atoms with E-state index in [-0.39, 0.29) is 5.56 Å². The van der Waals surface area contributed by atoms with Gasteiger partial charge in [0.1, 0.15) is 0 Å². The second-order valence-electron chi connectivity index (χ2n) is 4.56. The number of carboxylic acids is 1. The minimum atomic E-state index is -1.16. The van der Waals surface area contributed by atoms with Crippen molar-refractivity contribution >= 4 is 17.0 Å². The molecule has 2 aromatic rings. The number of carbonyl (C=O) groups excluding carboxylic acids is 1. The van der Waals surface area contributed by atoms with Crippen LogP contribution in [0.2, 0.25) is 0 Å². The fourth-order valence-electron chi connectivity index (χ4n) is 2.21. The second-order valence-corrected chi connectivity index (χ2v) is 4.56. The topological polar surface area (TPSA) is 70.8 Å². The molecule has 0 N–H and O–H groups in total. The zero-order valence-electron chi connectivity index (χ0n) is 9.73. The molecular weight excluding hydrogens is 218 g/mol. The lowest BCUT2D eigenvalue weighted by atomic mass is 10.1. The summed E-state index contributed by atoms with van der Waals surface area (Å²) in [7, 11) is 1.78. The normalized spacial score (nSPS) is 15.4. The molecular formula is C12H12N3O2-. The van der Waals surface area contributed by atoms with Crippen molar-refractivity contribution in [2.24, 2.45) is 7.05 Å². The average molecular weight is 230 g/mol. The highest BCUT2D eigenvalue weighted by Gasteiger charge is 2.27. The van der Waals surface area contributed by atoms with Crippen molar-refractivity contribution in [2.75, 3.05) is 0 Å². The molecule has 2 aromatic heterocycles. The summed E-state index contributed by atoms with van der Waals surface area (Å²) in [5, 5.41) is 16.0. The van der Waals surface area contributed by atoms with E-state index >= 15 is 0 Å². The first-order valence-corrected chi connectivity index (χ1v) is 5.63. The van der Waals surface area contributed by atoms with Crippen molar-refractivity contribution in [3.8, 4) is 0 Å². The minimum Gasteiger partial charge on any atom is -0.545 e. The van der Waals surface area contributed by atoms with Gasteiger partial charge in [0.05, 0.1) is 17.0 Å². The van der Waals surface area contributed by atoms with Crippen molar-refractivity contribution < 1.29 is 9.90 Å². The molecule has 1 aliphatic rings. The zero-order valence-corrected chi connectivity index (χ0v) is 9.73. The Morgan fingerprint density at radius 2 is 2.24 bits per heavy atom. The number of hydrogen-bond acceptors (Lipinski definition) is 4. The summed E-state index contributed by atoms with van der Waals surface area (Å²) >= 11 is 0. The molecule has 0 aliphatic heterocycles. The number of aromatic nitrogens is 3. The SMILES string of the molecule is Cc1nn(C)c2nc(C3CC3)cc(C(=O)[O-])c12. The highest BCUT2D eigenvalue weighted by Crippen LogP contribution is 2.40. The van der Waals surface area contributed by atoms with Gasteiger partial charge in [-0.2, -0.15) is 5.10 Å². The number of carbonyl (C=O) groups is 1. The Hall–Kier alpha value is -1.91. The Bertz CT molecular complexity index is 626. The Morgan fingerprint density at radius 1 is 1.53 bits per heavy atom. The largest absolute Gasteiger partial charge is 0.545 e. The fraction of sp³-hybridized carbons (Fsp3) is 0.417. The number of carboxylic acid groups (broad SMARTS) is 1. The Morgan fingerprint density at radius 3 is 2.82 bits per heavy atom. The standard InChI is InChI=1S/C12H13N3O2/c1-6-10-8(12(16)17)5-9(7-3-4-7)13-11(10)15(2)14-6/h5,7H,3-4H2,1-2H3,(H,16,17)/p-1. The summed E-state index contributed by atoms with van der Waals surface area (Å²) in [6.45, 7) is 1.78. The predicted octanol–water partition coefficient (Wildman–Crippen LogP) is 0.518. The van der Waals surface area contributed by atoms with Gasteiger partial charge in [0, 0.05) is 24.2 Å². The van der Waals surface area contributed by atoms with Gasteiger partial charge < -0.3 is 9.90 Å². The van der Waals surface area contributed by atoms with Crippen molar-refractivity contribution in [3.63, 3.8) is 0 Å². The molecule has 1 aliphatic carbocycles. The number of rotatable bonds is 2. The number of aryl methyl sites for hydroxylation is 2. The van der Waals surface area contributed by atoms with Gasteiger partial charge in [-0.15, -0.1) is 0 Å². The monoisotopic (exact) mass is 230 g/mol. The van der Waals surface area contributed by atoms with Crippen LogP contribution in [-0.4, -0.2) is 20.7 Å². The van der Waals surface area contributed by atoms with Crippen LogP contribution in [-0.2, 0) is 7.05 Å². The molecule has 1 fully saturated rings. The number of nitrogens with zero attached hydrogens (tertiary/aromatic N) is 3. The molecule has 5 nitrogen and oxygen atoms in total. The average Bonchev–Trinajstić information content (AvgIpc) is 3.07. The van der Waals surface area contributed by atoms with E-state index in [1.165, 1.54) is 0 Å². The van der Waals surface area contributed by atoms with Crippen molar-refractivity contribution in [3.05, 3.63) is 23.0 Å². The molecule has 0 radical (unpaired) electrons. The number of fused-ring (bicyclic) bond motifs is 1. The van der Waals surface area contributed by atoms with Crippen LogP contribution in [0.25, 0.3) is 11.0 Å². The lowest BCUT2D eigenvalue weighted by Gasteiger charge is -2.07. The molecule has 2 heterocycles. The number of aromatic carboxylic acids is 1. The molecule has 0 atom stereocenters. The fourth-order valence-corrected chi connectivity index (χ4v) is 2.21. The van der Waals surface area contributed by atoms with Gasteiger partial charge in [0.2, 0.25) is 0 Å². The molecule has 3 rings (SSSR count). The molecule has 0 spiro atoms. The van der Waals surface area contributed by atoms with Gasteiger partial charge in [-0.1, -0.05) is 0 Å². The van der Waals surface area contributed by atoms with Crippen LogP contribution in [0.3, 0.4) is 0 Å². The summed E-state index contributed by atoms with van der Waals surface area (Å²) in [5.74, 6) is -0.747. The highest BCUT2D eigenvalue weighted by atomic mass is 16.4. The van der Waals surface area contributed by atoms with E-state index in [9.17, 15) is 9.90 Å². The van der Waals surface area contributed by atoms with Gasteiger partial charge in [-0.05, 0) is 25.8 Å². The first-order chi connectivity index (χ1) is 8.08. The third-order valence-electron chi connectivity index (χ3n) is 3.20. The van der Waals surface area contributed by atoms with Gasteiger partial charge in [-0.25, -0.2) is 4.98 Å². The van der Waals surface area contributed by atoms with Crippen molar-refractivity contribution in [1.29, 1.82) is 0 Å². The van der Waals surface area contributed by atoms with Crippen LogP contribution in [0.4, 0.5) is 0 Å². The van der Waals surface area contributed by atoms with Crippen LogP contribution in [0.15, 0.2) is 6.07 Å². The van der Waals surface area contributed by atoms with Crippen LogP contribution in [0.5, 0.6) is 0 Å². The van der Waals surface area contributed by atoms with E-state index in [0.29, 0.717) is 22.6 Å². The maximum atomic E-state index is 11.2. The summed E-state index contributed by atoms with van der Waals surface area (Å²) in [6, 6.07) is 1.64. The third-order valence-corrected chi connectivity index (χ3v) is 3.20. The van der Waals surface area contributed by atoms with Crippen LogP contribution in [0.1, 0.15) is 40.5 Å².